The van der Waals surface area contributed by atoms with Crippen LogP contribution in [-0.4, -0.2) is 36.4 Å². The Morgan fingerprint density at radius 3 is 2.95 bits per heavy atom. The molecule has 1 aromatic carbocycles. The Labute approximate surface area is 126 Å². The summed E-state index contributed by atoms with van der Waals surface area (Å²) in [6.45, 7) is 2.38. The van der Waals surface area contributed by atoms with Crippen molar-refractivity contribution in [1.29, 1.82) is 0 Å². The first-order valence-electron chi connectivity index (χ1n) is 7.26. The Hall–Kier alpha value is -0.710. The highest BCUT2D eigenvalue weighted by Gasteiger charge is 2.24. The van der Waals surface area contributed by atoms with E-state index in [1.165, 1.54) is 17.5 Å². The van der Waals surface area contributed by atoms with Crippen molar-refractivity contribution in [2.24, 2.45) is 0 Å². The second-order valence-corrected chi connectivity index (χ2v) is 6.50. The first kappa shape index (κ1) is 15.7. The predicted octanol–water partition coefficient (Wildman–Crippen LogP) is 2.77. The van der Waals surface area contributed by atoms with Gasteiger partial charge in [0.1, 0.15) is 5.75 Å². The maximum atomic E-state index is 9.41. The topological polar surface area (TPSA) is 41.5 Å². The summed E-state index contributed by atoms with van der Waals surface area (Å²) in [4.78, 5) is 0. The van der Waals surface area contributed by atoms with Gasteiger partial charge in [-0.15, -0.1) is 0 Å². The number of nitrogens with one attached hydrogen (secondary N) is 1. The highest BCUT2D eigenvalue weighted by Crippen LogP contribution is 2.33. The van der Waals surface area contributed by atoms with E-state index in [2.05, 4.69) is 30.6 Å². The number of thioether (sulfide) groups is 1. The molecule has 0 spiro atoms. The van der Waals surface area contributed by atoms with E-state index in [1.54, 1.807) is 18.9 Å². The van der Waals surface area contributed by atoms with Crippen LogP contribution < -0.4 is 10.1 Å². The van der Waals surface area contributed by atoms with E-state index in [4.69, 9.17) is 4.74 Å². The van der Waals surface area contributed by atoms with Crippen molar-refractivity contribution in [3.8, 4) is 5.75 Å². The van der Waals surface area contributed by atoms with Crippen molar-refractivity contribution in [2.45, 2.75) is 43.5 Å². The van der Waals surface area contributed by atoms with Gasteiger partial charge in [-0.1, -0.05) is 6.07 Å². The molecule has 3 atom stereocenters. The molecule has 1 aliphatic carbocycles. The first-order valence-corrected chi connectivity index (χ1v) is 8.55. The number of fused-ring (bicyclic) bond motifs is 1. The molecule has 4 heteroatoms. The Balaban J connectivity index is 2.12. The van der Waals surface area contributed by atoms with Crippen LogP contribution in [0.5, 0.6) is 5.75 Å². The number of benzene rings is 1. The van der Waals surface area contributed by atoms with Gasteiger partial charge in [0.05, 0.1) is 13.7 Å². The summed E-state index contributed by atoms with van der Waals surface area (Å²) in [7, 11) is 1.71. The van der Waals surface area contributed by atoms with Crippen LogP contribution in [0, 0.1) is 0 Å². The summed E-state index contributed by atoms with van der Waals surface area (Å²) in [5.74, 6) is 0.940. The number of ether oxygens (including phenoxy) is 1. The van der Waals surface area contributed by atoms with Gasteiger partial charge in [0.25, 0.3) is 0 Å². The van der Waals surface area contributed by atoms with Gasteiger partial charge in [-0.25, -0.2) is 0 Å². The third kappa shape index (κ3) is 3.48. The monoisotopic (exact) mass is 295 g/mol. The SMILES string of the molecule is COc1ccc2c(c1)CCCC2NC(C)C(CO)SC. The molecular formula is C16H25NO2S. The molecule has 0 saturated heterocycles. The number of aliphatic hydroxyl groups is 1. The third-order valence-corrected chi connectivity index (χ3v) is 5.33. The molecule has 112 valence electrons. The average Bonchev–Trinajstić information content (AvgIpc) is 2.48. The van der Waals surface area contributed by atoms with Crippen LogP contribution in [0.4, 0.5) is 0 Å². The van der Waals surface area contributed by atoms with Gasteiger partial charge in [-0.05, 0) is 55.7 Å². The van der Waals surface area contributed by atoms with Gasteiger partial charge in [0, 0.05) is 17.3 Å². The highest BCUT2D eigenvalue weighted by atomic mass is 32.2. The Bertz CT molecular complexity index is 434. The average molecular weight is 295 g/mol. The minimum absolute atomic E-state index is 0.220. The van der Waals surface area contributed by atoms with Gasteiger partial charge in [0.15, 0.2) is 0 Å². The Kier molecular flexibility index (Phi) is 5.75. The molecule has 0 amide bonds. The Morgan fingerprint density at radius 2 is 2.30 bits per heavy atom. The fraction of sp³-hybridized carbons (Fsp3) is 0.625. The van der Waals surface area contributed by atoms with Crippen LogP contribution in [0.25, 0.3) is 0 Å². The quantitative estimate of drug-likeness (QED) is 0.847. The van der Waals surface area contributed by atoms with Crippen LogP contribution in [0.2, 0.25) is 0 Å². The van der Waals surface area contributed by atoms with Crippen molar-refractivity contribution in [2.75, 3.05) is 20.0 Å². The lowest BCUT2D eigenvalue weighted by Crippen LogP contribution is -2.40. The molecule has 2 rings (SSSR count). The number of hydrogen-bond donors (Lipinski definition) is 2. The summed E-state index contributed by atoms with van der Waals surface area (Å²) in [6.07, 6.45) is 5.55. The standard InChI is InChI=1S/C16H25NO2S/c1-11(16(10-18)20-3)17-15-6-4-5-12-9-13(19-2)7-8-14(12)15/h7-9,11,15-18H,4-6,10H2,1-3H3. The van der Waals surface area contributed by atoms with Crippen LogP contribution >= 0.6 is 11.8 Å². The van der Waals surface area contributed by atoms with Crippen LogP contribution in [0.3, 0.4) is 0 Å². The summed E-state index contributed by atoms with van der Waals surface area (Å²) in [6, 6.07) is 7.08. The van der Waals surface area contributed by atoms with Gasteiger partial charge in [-0.3, -0.25) is 0 Å². The lowest BCUT2D eigenvalue weighted by molar-refractivity contribution is 0.267. The summed E-state index contributed by atoms with van der Waals surface area (Å²) >= 11 is 1.72. The largest absolute Gasteiger partial charge is 0.497 e. The molecule has 2 N–H and O–H groups in total. The van der Waals surface area contributed by atoms with E-state index in [-0.39, 0.29) is 11.9 Å². The van der Waals surface area contributed by atoms with E-state index in [1.807, 2.05) is 6.07 Å². The molecule has 0 bridgehead atoms. The Morgan fingerprint density at radius 1 is 1.50 bits per heavy atom. The van der Waals surface area contributed by atoms with E-state index < -0.39 is 0 Å². The number of hydrogen-bond acceptors (Lipinski definition) is 4. The number of rotatable bonds is 6. The lowest BCUT2D eigenvalue weighted by atomic mass is 9.87. The smallest absolute Gasteiger partial charge is 0.119 e. The molecule has 0 aromatic heterocycles. The molecule has 0 aliphatic heterocycles. The van der Waals surface area contributed by atoms with Gasteiger partial charge in [0.2, 0.25) is 0 Å². The zero-order valence-electron chi connectivity index (χ0n) is 12.6. The fourth-order valence-electron chi connectivity index (χ4n) is 2.95. The van der Waals surface area contributed by atoms with Crippen molar-refractivity contribution >= 4 is 11.8 Å². The summed E-state index contributed by atoms with van der Waals surface area (Å²) < 4.78 is 5.31. The minimum atomic E-state index is 0.220. The molecule has 0 saturated carbocycles. The van der Waals surface area contributed by atoms with Crippen LogP contribution in [-0.2, 0) is 6.42 Å². The van der Waals surface area contributed by atoms with E-state index >= 15 is 0 Å². The summed E-state index contributed by atoms with van der Waals surface area (Å²) in [5.41, 5.74) is 2.78. The molecule has 1 aliphatic rings. The fourth-order valence-corrected chi connectivity index (χ4v) is 3.59. The lowest BCUT2D eigenvalue weighted by Gasteiger charge is -2.32. The van der Waals surface area contributed by atoms with Crippen molar-refractivity contribution in [3.63, 3.8) is 0 Å². The van der Waals surface area contributed by atoms with Crippen molar-refractivity contribution < 1.29 is 9.84 Å². The predicted molar refractivity (Wildman–Crippen MR) is 85.7 cm³/mol. The van der Waals surface area contributed by atoms with Gasteiger partial charge >= 0.3 is 0 Å². The minimum Gasteiger partial charge on any atom is -0.497 e. The second-order valence-electron chi connectivity index (χ2n) is 5.42. The van der Waals surface area contributed by atoms with E-state index in [0.29, 0.717) is 12.1 Å². The normalized spacial score (nSPS) is 21.1. The molecule has 3 nitrogen and oxygen atoms in total. The van der Waals surface area contributed by atoms with E-state index in [0.717, 1.165) is 18.6 Å². The molecule has 0 heterocycles. The zero-order chi connectivity index (χ0) is 14.5. The second kappa shape index (κ2) is 7.34. The van der Waals surface area contributed by atoms with Crippen LogP contribution in [0.15, 0.2) is 18.2 Å². The maximum absolute atomic E-state index is 9.41. The zero-order valence-corrected chi connectivity index (χ0v) is 13.4. The number of aliphatic hydroxyl groups excluding tert-OH is 1. The highest BCUT2D eigenvalue weighted by molar-refractivity contribution is 7.99. The number of methoxy groups -OCH3 is 1. The van der Waals surface area contributed by atoms with Gasteiger partial charge in [-0.2, -0.15) is 11.8 Å². The van der Waals surface area contributed by atoms with Crippen molar-refractivity contribution in [3.05, 3.63) is 29.3 Å². The molecular weight excluding hydrogens is 270 g/mol. The molecule has 0 radical (unpaired) electrons. The van der Waals surface area contributed by atoms with E-state index in [9.17, 15) is 5.11 Å². The maximum Gasteiger partial charge on any atom is 0.119 e. The molecule has 1 aromatic rings. The van der Waals surface area contributed by atoms with Gasteiger partial charge < -0.3 is 15.2 Å². The van der Waals surface area contributed by atoms with Crippen molar-refractivity contribution in [1.82, 2.24) is 5.32 Å². The summed E-state index contributed by atoms with van der Waals surface area (Å²) in [5, 5.41) is 13.4. The molecule has 20 heavy (non-hydrogen) atoms. The molecule has 3 unspecified atom stereocenters. The first-order chi connectivity index (χ1) is 9.69. The number of aryl methyl sites for hydroxylation is 1. The third-order valence-electron chi connectivity index (χ3n) is 4.17. The molecule has 0 fully saturated rings. The van der Waals surface area contributed by atoms with Crippen LogP contribution in [0.1, 0.15) is 36.9 Å².